The third-order valence-corrected chi connectivity index (χ3v) is 3.09. The number of hydrogen-bond acceptors (Lipinski definition) is 5. The lowest BCUT2D eigenvalue weighted by atomic mass is 10.3. The van der Waals surface area contributed by atoms with Crippen LogP contribution >= 0.6 is 0 Å². The molecule has 0 saturated carbocycles. The molecule has 0 fully saturated rings. The molecule has 0 aliphatic rings. The van der Waals surface area contributed by atoms with Crippen LogP contribution in [0.3, 0.4) is 0 Å². The van der Waals surface area contributed by atoms with Gasteiger partial charge in [-0.05, 0) is 39.5 Å². The molecule has 0 bridgehead atoms. The van der Waals surface area contributed by atoms with E-state index >= 15 is 0 Å². The summed E-state index contributed by atoms with van der Waals surface area (Å²) >= 11 is 0. The van der Waals surface area contributed by atoms with Crippen molar-refractivity contribution in [2.24, 2.45) is 0 Å². The SMILES string of the molecule is CCNc1ncc(CNCCCN(CC)CC)cn1. The van der Waals surface area contributed by atoms with Gasteiger partial charge in [0.25, 0.3) is 0 Å². The molecule has 0 aliphatic heterocycles. The third-order valence-electron chi connectivity index (χ3n) is 3.09. The van der Waals surface area contributed by atoms with Gasteiger partial charge in [0.15, 0.2) is 0 Å². The van der Waals surface area contributed by atoms with Crippen LogP contribution in [0.2, 0.25) is 0 Å². The molecule has 0 saturated heterocycles. The van der Waals surface area contributed by atoms with Gasteiger partial charge in [0.1, 0.15) is 0 Å². The zero-order valence-electron chi connectivity index (χ0n) is 12.4. The molecule has 0 radical (unpaired) electrons. The molecule has 1 aromatic heterocycles. The summed E-state index contributed by atoms with van der Waals surface area (Å²) in [5.41, 5.74) is 1.13. The van der Waals surface area contributed by atoms with E-state index in [0.29, 0.717) is 5.95 Å². The van der Waals surface area contributed by atoms with Gasteiger partial charge in [-0.2, -0.15) is 0 Å². The van der Waals surface area contributed by atoms with E-state index in [1.165, 1.54) is 6.42 Å². The molecular formula is C14H27N5. The van der Waals surface area contributed by atoms with Crippen molar-refractivity contribution in [1.29, 1.82) is 0 Å². The van der Waals surface area contributed by atoms with Crippen LogP contribution in [0.4, 0.5) is 5.95 Å². The van der Waals surface area contributed by atoms with Gasteiger partial charge in [0.2, 0.25) is 5.95 Å². The molecule has 0 aliphatic carbocycles. The molecule has 1 rings (SSSR count). The Bertz CT molecular complexity index is 321. The fraction of sp³-hybridized carbons (Fsp3) is 0.714. The van der Waals surface area contributed by atoms with Crippen molar-refractivity contribution in [3.8, 4) is 0 Å². The van der Waals surface area contributed by atoms with E-state index in [2.05, 4.69) is 39.3 Å². The van der Waals surface area contributed by atoms with Gasteiger partial charge >= 0.3 is 0 Å². The highest BCUT2D eigenvalue weighted by molar-refractivity contribution is 5.24. The second-order valence-electron chi connectivity index (χ2n) is 4.50. The topological polar surface area (TPSA) is 53.1 Å². The summed E-state index contributed by atoms with van der Waals surface area (Å²) in [7, 11) is 0. The van der Waals surface area contributed by atoms with Gasteiger partial charge in [-0.1, -0.05) is 13.8 Å². The Morgan fingerprint density at radius 2 is 1.79 bits per heavy atom. The maximum absolute atomic E-state index is 4.25. The van der Waals surface area contributed by atoms with Gasteiger partial charge in [-0.15, -0.1) is 0 Å². The predicted molar refractivity (Wildman–Crippen MR) is 80.3 cm³/mol. The van der Waals surface area contributed by atoms with E-state index in [9.17, 15) is 0 Å². The number of aromatic nitrogens is 2. The second-order valence-corrected chi connectivity index (χ2v) is 4.50. The van der Waals surface area contributed by atoms with Crippen LogP contribution in [0.5, 0.6) is 0 Å². The smallest absolute Gasteiger partial charge is 0.222 e. The lowest BCUT2D eigenvalue weighted by Crippen LogP contribution is -2.27. The highest BCUT2D eigenvalue weighted by Crippen LogP contribution is 1.99. The largest absolute Gasteiger partial charge is 0.355 e. The van der Waals surface area contributed by atoms with Gasteiger partial charge in [-0.3, -0.25) is 0 Å². The summed E-state index contributed by atoms with van der Waals surface area (Å²) in [4.78, 5) is 10.9. The molecule has 1 aromatic rings. The molecule has 0 amide bonds. The van der Waals surface area contributed by atoms with Crippen LogP contribution in [0.25, 0.3) is 0 Å². The van der Waals surface area contributed by atoms with Gasteiger partial charge in [0.05, 0.1) is 0 Å². The summed E-state index contributed by atoms with van der Waals surface area (Å²) in [5.74, 6) is 0.702. The van der Waals surface area contributed by atoms with Gasteiger partial charge < -0.3 is 15.5 Å². The van der Waals surface area contributed by atoms with Gasteiger partial charge in [-0.25, -0.2) is 9.97 Å². The standard InChI is InChI=1S/C14H27N5/c1-4-16-14-17-11-13(12-18-14)10-15-8-7-9-19(5-2)6-3/h11-12,15H,4-10H2,1-3H3,(H,16,17,18). The first kappa shape index (κ1) is 15.9. The van der Waals surface area contributed by atoms with E-state index in [1.807, 2.05) is 19.3 Å². The summed E-state index contributed by atoms with van der Waals surface area (Å²) in [6, 6.07) is 0. The maximum Gasteiger partial charge on any atom is 0.222 e. The lowest BCUT2D eigenvalue weighted by Gasteiger charge is -2.17. The summed E-state index contributed by atoms with van der Waals surface area (Å²) in [5, 5.41) is 6.52. The van der Waals surface area contributed by atoms with Crippen LogP contribution in [-0.4, -0.2) is 47.6 Å². The van der Waals surface area contributed by atoms with Crippen molar-refractivity contribution >= 4 is 5.95 Å². The Morgan fingerprint density at radius 3 is 2.37 bits per heavy atom. The van der Waals surface area contributed by atoms with Crippen LogP contribution in [0.15, 0.2) is 12.4 Å². The Morgan fingerprint density at radius 1 is 1.11 bits per heavy atom. The zero-order chi connectivity index (χ0) is 13.9. The zero-order valence-corrected chi connectivity index (χ0v) is 12.4. The van der Waals surface area contributed by atoms with Crippen LogP contribution < -0.4 is 10.6 Å². The van der Waals surface area contributed by atoms with Crippen LogP contribution in [0, 0.1) is 0 Å². The van der Waals surface area contributed by atoms with Crippen molar-refractivity contribution in [3.05, 3.63) is 18.0 Å². The number of rotatable bonds is 10. The quantitative estimate of drug-likeness (QED) is 0.631. The maximum atomic E-state index is 4.25. The lowest BCUT2D eigenvalue weighted by molar-refractivity contribution is 0.298. The van der Waals surface area contributed by atoms with Crippen molar-refractivity contribution < 1.29 is 0 Å². The highest BCUT2D eigenvalue weighted by Gasteiger charge is 1.99. The van der Waals surface area contributed by atoms with E-state index in [4.69, 9.17) is 0 Å². The monoisotopic (exact) mass is 265 g/mol. The molecule has 0 spiro atoms. The Kier molecular flexibility index (Phi) is 8.09. The van der Waals surface area contributed by atoms with Crippen molar-refractivity contribution in [3.63, 3.8) is 0 Å². The third kappa shape index (κ3) is 6.50. The average Bonchev–Trinajstić information content (AvgIpc) is 2.45. The molecule has 1 heterocycles. The average molecular weight is 265 g/mol. The number of hydrogen-bond donors (Lipinski definition) is 2. The fourth-order valence-corrected chi connectivity index (χ4v) is 1.90. The van der Waals surface area contributed by atoms with E-state index in [-0.39, 0.29) is 0 Å². The van der Waals surface area contributed by atoms with Gasteiger partial charge in [0, 0.05) is 31.0 Å². The number of anilines is 1. The van der Waals surface area contributed by atoms with Crippen molar-refractivity contribution in [2.45, 2.75) is 33.7 Å². The molecule has 0 atom stereocenters. The molecule has 0 unspecified atom stereocenters. The fourth-order valence-electron chi connectivity index (χ4n) is 1.90. The van der Waals surface area contributed by atoms with E-state index in [0.717, 1.165) is 44.8 Å². The van der Waals surface area contributed by atoms with E-state index in [1.54, 1.807) is 0 Å². The normalized spacial score (nSPS) is 10.9. The van der Waals surface area contributed by atoms with Crippen LogP contribution in [0.1, 0.15) is 32.8 Å². The van der Waals surface area contributed by atoms with E-state index < -0.39 is 0 Å². The summed E-state index contributed by atoms with van der Waals surface area (Å²) in [6.45, 7) is 12.6. The molecule has 19 heavy (non-hydrogen) atoms. The minimum atomic E-state index is 0.702. The number of nitrogens with one attached hydrogen (secondary N) is 2. The predicted octanol–water partition coefficient (Wildman–Crippen LogP) is 1.73. The van der Waals surface area contributed by atoms with Crippen molar-refractivity contribution in [2.75, 3.05) is 38.0 Å². The van der Waals surface area contributed by atoms with Crippen LogP contribution in [-0.2, 0) is 6.54 Å². The second kappa shape index (κ2) is 9.69. The molecule has 108 valence electrons. The minimum absolute atomic E-state index is 0.702. The Balaban J connectivity index is 2.15. The first-order chi connectivity index (χ1) is 9.30. The van der Waals surface area contributed by atoms with Crippen molar-refractivity contribution in [1.82, 2.24) is 20.2 Å². The highest BCUT2D eigenvalue weighted by atomic mass is 15.1. The minimum Gasteiger partial charge on any atom is -0.355 e. The molecular weight excluding hydrogens is 238 g/mol. The summed E-state index contributed by atoms with van der Waals surface area (Å²) < 4.78 is 0. The molecule has 2 N–H and O–H groups in total. The molecule has 0 aromatic carbocycles. The number of nitrogens with zero attached hydrogens (tertiary/aromatic N) is 3. The first-order valence-electron chi connectivity index (χ1n) is 7.28. The Hall–Kier alpha value is -1.20. The Labute approximate surface area is 116 Å². The molecule has 5 heteroatoms. The molecule has 5 nitrogen and oxygen atoms in total. The summed E-state index contributed by atoms with van der Waals surface area (Å²) in [6.07, 6.45) is 4.93. The first-order valence-corrected chi connectivity index (χ1v) is 7.28.